The predicted octanol–water partition coefficient (Wildman–Crippen LogP) is 1.82. The van der Waals surface area contributed by atoms with Crippen LogP contribution in [0.4, 0.5) is 0 Å². The van der Waals surface area contributed by atoms with Crippen molar-refractivity contribution in [1.82, 2.24) is 10.6 Å². The van der Waals surface area contributed by atoms with Gasteiger partial charge in [0.05, 0.1) is 0 Å². The second kappa shape index (κ2) is 6.12. The lowest BCUT2D eigenvalue weighted by molar-refractivity contribution is 0.446. The summed E-state index contributed by atoms with van der Waals surface area (Å²) in [6, 6.07) is 1.32. The third kappa shape index (κ3) is 3.36. The highest BCUT2D eigenvalue weighted by Crippen LogP contribution is 2.23. The van der Waals surface area contributed by atoms with E-state index < -0.39 is 0 Å². The van der Waals surface area contributed by atoms with E-state index in [9.17, 15) is 0 Å². The van der Waals surface area contributed by atoms with E-state index in [1.54, 1.807) is 5.92 Å². The Labute approximate surface area is 98.0 Å². The number of nitrogens with one attached hydrogen (secondary N) is 2. The van der Waals surface area contributed by atoms with E-state index >= 15 is 0 Å². The Morgan fingerprint density at radius 2 is 1.93 bits per heavy atom. The summed E-state index contributed by atoms with van der Waals surface area (Å²) in [6.45, 7) is 4.73. The summed E-state index contributed by atoms with van der Waals surface area (Å²) >= 11 is 2.09. The lowest BCUT2D eigenvalue weighted by Gasteiger charge is -2.33. The lowest BCUT2D eigenvalue weighted by atomic mass is 9.91. The molecule has 2 N–H and O–H groups in total. The van der Waals surface area contributed by atoms with Crippen LogP contribution in [0.2, 0.25) is 0 Å². The first-order chi connectivity index (χ1) is 7.38. The number of thioether (sulfide) groups is 1. The van der Waals surface area contributed by atoms with Crippen LogP contribution in [0.1, 0.15) is 32.6 Å². The molecule has 2 fully saturated rings. The van der Waals surface area contributed by atoms with Crippen molar-refractivity contribution in [1.29, 1.82) is 0 Å². The van der Waals surface area contributed by atoms with E-state index in [0.29, 0.717) is 12.1 Å². The quantitative estimate of drug-likeness (QED) is 0.752. The Hall–Kier alpha value is 0.270. The monoisotopic (exact) mass is 227 g/mol. The molecule has 0 amide bonds. The van der Waals surface area contributed by atoms with Crippen molar-refractivity contribution < 1.29 is 0 Å². The molecular weight excluding hydrogens is 204 g/mol. The summed E-state index contributed by atoms with van der Waals surface area (Å²) in [4.78, 5) is 0. The van der Waals surface area contributed by atoms with Gasteiger partial charge in [0.25, 0.3) is 0 Å². The van der Waals surface area contributed by atoms with Gasteiger partial charge in [0.1, 0.15) is 0 Å². The largest absolute Gasteiger partial charge is 0.313 e. The smallest absolute Gasteiger partial charge is 0.0233 e. The highest BCUT2D eigenvalue weighted by Gasteiger charge is 2.27. The molecule has 2 nitrogen and oxygen atoms in total. The van der Waals surface area contributed by atoms with E-state index in [1.165, 1.54) is 50.3 Å². The fourth-order valence-electron chi connectivity index (χ4n) is 2.52. The van der Waals surface area contributed by atoms with Crippen LogP contribution in [0.3, 0.4) is 0 Å². The highest BCUT2D eigenvalue weighted by molar-refractivity contribution is 7.99. The van der Waals surface area contributed by atoms with Crippen LogP contribution < -0.4 is 10.6 Å². The van der Waals surface area contributed by atoms with Gasteiger partial charge in [-0.3, -0.25) is 0 Å². The van der Waals surface area contributed by atoms with Gasteiger partial charge < -0.3 is 10.6 Å². The Morgan fingerprint density at radius 3 is 2.73 bits per heavy atom. The summed E-state index contributed by atoms with van der Waals surface area (Å²) in [6.07, 6.45) is 5.50. The van der Waals surface area contributed by atoms with Gasteiger partial charge in [0.15, 0.2) is 0 Å². The maximum absolute atomic E-state index is 3.69. The van der Waals surface area contributed by atoms with Gasteiger partial charge in [-0.05, 0) is 19.4 Å². The minimum atomic E-state index is 0.652. The van der Waals surface area contributed by atoms with Crippen LogP contribution in [0.5, 0.6) is 0 Å². The first-order valence-electron chi connectivity index (χ1n) is 6.26. The van der Waals surface area contributed by atoms with Crippen molar-refractivity contribution in [2.24, 2.45) is 0 Å². The maximum atomic E-state index is 3.69. The average molecular weight is 227 g/mol. The van der Waals surface area contributed by atoms with E-state index in [-0.39, 0.29) is 0 Å². The van der Waals surface area contributed by atoms with Gasteiger partial charge in [-0.2, -0.15) is 11.8 Å². The van der Waals surface area contributed by atoms with E-state index in [4.69, 9.17) is 0 Å². The number of hydrogen-bond acceptors (Lipinski definition) is 3. The van der Waals surface area contributed by atoms with Crippen LogP contribution in [0.25, 0.3) is 0 Å². The van der Waals surface area contributed by atoms with Crippen LogP contribution in [-0.2, 0) is 0 Å². The first-order valence-corrected chi connectivity index (χ1v) is 7.41. The van der Waals surface area contributed by atoms with Gasteiger partial charge in [-0.15, -0.1) is 0 Å². The second-order valence-corrected chi connectivity index (χ2v) is 5.83. The molecule has 0 aromatic rings. The Kier molecular flexibility index (Phi) is 4.79. The summed E-state index contributed by atoms with van der Waals surface area (Å²) < 4.78 is 0. The molecule has 15 heavy (non-hydrogen) atoms. The Morgan fingerprint density at radius 1 is 1.07 bits per heavy atom. The minimum absolute atomic E-state index is 0.652. The summed E-state index contributed by atoms with van der Waals surface area (Å²) in [7, 11) is 0. The van der Waals surface area contributed by atoms with Crippen molar-refractivity contribution >= 4 is 11.8 Å². The second-order valence-electron chi connectivity index (χ2n) is 4.68. The molecule has 3 heteroatoms. The van der Waals surface area contributed by atoms with Crippen molar-refractivity contribution in [3.63, 3.8) is 0 Å². The molecule has 2 aliphatic heterocycles. The molecule has 2 rings (SSSR count). The van der Waals surface area contributed by atoms with Gasteiger partial charge in [-0.1, -0.05) is 19.8 Å². The normalized spacial score (nSPS) is 34.0. The SMILES string of the molecule is C[C](C1CCCCCN1)C1CSCCN1. The number of hydrogen-bond donors (Lipinski definition) is 2. The van der Waals surface area contributed by atoms with Gasteiger partial charge >= 0.3 is 0 Å². The summed E-state index contributed by atoms with van der Waals surface area (Å²) in [5.74, 6) is 4.19. The number of rotatable bonds is 2. The van der Waals surface area contributed by atoms with E-state index in [0.717, 1.165) is 0 Å². The topological polar surface area (TPSA) is 24.1 Å². The van der Waals surface area contributed by atoms with Crippen LogP contribution in [0.15, 0.2) is 0 Å². The fourth-order valence-corrected chi connectivity index (χ4v) is 3.56. The third-order valence-electron chi connectivity index (χ3n) is 3.58. The molecule has 2 saturated heterocycles. The molecular formula is C12H23N2S. The molecule has 0 saturated carbocycles. The van der Waals surface area contributed by atoms with Gasteiger partial charge in [0.2, 0.25) is 0 Å². The van der Waals surface area contributed by atoms with Gasteiger partial charge in [-0.25, -0.2) is 0 Å². The van der Waals surface area contributed by atoms with E-state index in [1.807, 2.05) is 0 Å². The van der Waals surface area contributed by atoms with Crippen molar-refractivity contribution in [2.75, 3.05) is 24.6 Å². The zero-order chi connectivity index (χ0) is 10.5. The molecule has 0 bridgehead atoms. The average Bonchev–Trinajstić information content (AvgIpc) is 2.58. The molecule has 2 atom stereocenters. The first kappa shape index (κ1) is 11.7. The van der Waals surface area contributed by atoms with Crippen molar-refractivity contribution in [2.45, 2.75) is 44.7 Å². The van der Waals surface area contributed by atoms with Gasteiger partial charge in [0, 0.05) is 36.1 Å². The molecule has 0 aliphatic carbocycles. The maximum Gasteiger partial charge on any atom is 0.0233 e. The van der Waals surface area contributed by atoms with Crippen molar-refractivity contribution in [3.8, 4) is 0 Å². The summed E-state index contributed by atoms with van der Waals surface area (Å²) in [5.41, 5.74) is 0. The summed E-state index contributed by atoms with van der Waals surface area (Å²) in [5, 5.41) is 7.33. The molecule has 2 unspecified atom stereocenters. The molecule has 0 spiro atoms. The molecule has 0 aromatic carbocycles. The third-order valence-corrected chi connectivity index (χ3v) is 4.64. The standard InChI is InChI=1S/C12H23N2S/c1-10(12-9-15-8-7-14-12)11-5-3-2-4-6-13-11/h11-14H,2-9H2,1H3. The van der Waals surface area contributed by atoms with Crippen LogP contribution in [-0.4, -0.2) is 36.7 Å². The van der Waals surface area contributed by atoms with E-state index in [2.05, 4.69) is 29.3 Å². The fraction of sp³-hybridized carbons (Fsp3) is 0.917. The minimum Gasteiger partial charge on any atom is -0.313 e. The molecule has 87 valence electrons. The van der Waals surface area contributed by atoms with Crippen LogP contribution in [0, 0.1) is 5.92 Å². The van der Waals surface area contributed by atoms with Crippen LogP contribution >= 0.6 is 11.8 Å². The molecule has 2 heterocycles. The Balaban J connectivity index is 1.83. The Bertz CT molecular complexity index is 172. The molecule has 0 aromatic heterocycles. The molecule has 1 radical (unpaired) electrons. The zero-order valence-electron chi connectivity index (χ0n) is 9.72. The molecule has 2 aliphatic rings. The highest BCUT2D eigenvalue weighted by atomic mass is 32.2. The lowest BCUT2D eigenvalue weighted by Crippen LogP contribution is -2.48. The predicted molar refractivity (Wildman–Crippen MR) is 68.3 cm³/mol. The zero-order valence-corrected chi connectivity index (χ0v) is 10.5. The van der Waals surface area contributed by atoms with Crippen molar-refractivity contribution in [3.05, 3.63) is 5.92 Å².